The van der Waals surface area contributed by atoms with E-state index in [4.69, 9.17) is 10.5 Å². The number of nitrogens with one attached hydrogen (secondary N) is 1. The highest BCUT2D eigenvalue weighted by atomic mass is 35.5. The van der Waals surface area contributed by atoms with E-state index in [-0.39, 0.29) is 12.1 Å². The molecule has 0 aliphatic carbocycles. The number of rotatable bonds is 6. The van der Waals surface area contributed by atoms with Crippen molar-refractivity contribution >= 4 is 21.6 Å². The molecule has 0 bridgehead atoms. The molecule has 12 heteroatoms. The van der Waals surface area contributed by atoms with E-state index in [9.17, 15) is 30.4 Å². The van der Waals surface area contributed by atoms with Crippen LogP contribution in [0.4, 0.5) is 22.0 Å². The standard InChI is InChI=1S/C10H11F5N2O3S.CH3Cl/c11-7-4-8(12)9(3-6(7)5-16)20-2-1-17-21(18,19)10(13,14)15;1-2/h3-4,17H,1-2,5,16H2;1H3. The fraction of sp³-hybridized carbons (Fsp3) is 0.455. The molecule has 0 spiro atoms. The van der Waals surface area contributed by atoms with Gasteiger partial charge in [0, 0.05) is 31.1 Å². The number of ether oxygens (including phenoxy) is 1. The van der Waals surface area contributed by atoms with E-state index in [0.29, 0.717) is 6.07 Å². The van der Waals surface area contributed by atoms with E-state index in [1.54, 1.807) is 0 Å². The molecule has 134 valence electrons. The number of halogens is 6. The summed E-state index contributed by atoms with van der Waals surface area (Å²) in [6.07, 6.45) is 1.47. The van der Waals surface area contributed by atoms with Crippen molar-refractivity contribution in [3.05, 3.63) is 29.3 Å². The van der Waals surface area contributed by atoms with Crippen LogP contribution in [0, 0.1) is 11.6 Å². The Morgan fingerprint density at radius 1 is 1.22 bits per heavy atom. The summed E-state index contributed by atoms with van der Waals surface area (Å²) in [6.45, 7) is -1.55. The number of benzene rings is 1. The summed E-state index contributed by atoms with van der Waals surface area (Å²) in [6, 6.07) is 1.46. The first-order chi connectivity index (χ1) is 10.6. The first kappa shape index (κ1) is 21.8. The predicted molar refractivity (Wildman–Crippen MR) is 74.5 cm³/mol. The summed E-state index contributed by atoms with van der Waals surface area (Å²) >= 11 is 4.64. The van der Waals surface area contributed by atoms with Crippen LogP contribution >= 0.6 is 11.6 Å². The van der Waals surface area contributed by atoms with Crippen molar-refractivity contribution in [3.63, 3.8) is 0 Å². The van der Waals surface area contributed by atoms with Gasteiger partial charge in [0.2, 0.25) is 0 Å². The average Bonchev–Trinajstić information content (AvgIpc) is 2.46. The number of sulfonamides is 1. The molecule has 0 aliphatic heterocycles. The molecule has 5 nitrogen and oxygen atoms in total. The van der Waals surface area contributed by atoms with Crippen molar-refractivity contribution < 1.29 is 35.1 Å². The lowest BCUT2D eigenvalue weighted by Gasteiger charge is -2.11. The Hall–Kier alpha value is -1.17. The van der Waals surface area contributed by atoms with Crippen LogP contribution in [0.15, 0.2) is 12.1 Å². The van der Waals surface area contributed by atoms with E-state index in [0.717, 1.165) is 6.07 Å². The Labute approximate surface area is 134 Å². The zero-order valence-electron chi connectivity index (χ0n) is 11.8. The van der Waals surface area contributed by atoms with Crippen molar-refractivity contribution in [1.29, 1.82) is 0 Å². The molecule has 0 fully saturated rings. The Morgan fingerprint density at radius 2 is 1.78 bits per heavy atom. The van der Waals surface area contributed by atoms with E-state index >= 15 is 0 Å². The van der Waals surface area contributed by atoms with Crippen molar-refractivity contribution in [1.82, 2.24) is 4.72 Å². The van der Waals surface area contributed by atoms with E-state index < -0.39 is 46.1 Å². The smallest absolute Gasteiger partial charge is 0.489 e. The number of alkyl halides is 4. The van der Waals surface area contributed by atoms with Crippen LogP contribution in [0.2, 0.25) is 0 Å². The molecule has 23 heavy (non-hydrogen) atoms. The van der Waals surface area contributed by atoms with Crippen LogP contribution in [0.3, 0.4) is 0 Å². The Bertz CT molecular complexity index is 610. The second-order valence-corrected chi connectivity index (χ2v) is 5.53. The molecule has 0 aromatic heterocycles. The van der Waals surface area contributed by atoms with Crippen LogP contribution in [-0.2, 0) is 16.6 Å². The summed E-state index contributed by atoms with van der Waals surface area (Å²) in [5, 5.41) is 0. The maximum Gasteiger partial charge on any atom is 0.511 e. The average molecular weight is 385 g/mol. The van der Waals surface area contributed by atoms with Crippen LogP contribution in [-0.4, -0.2) is 33.5 Å². The molecule has 0 saturated heterocycles. The van der Waals surface area contributed by atoms with Gasteiger partial charge in [0.25, 0.3) is 0 Å². The lowest BCUT2D eigenvalue weighted by molar-refractivity contribution is -0.0448. The van der Waals surface area contributed by atoms with Crippen molar-refractivity contribution in [2.75, 3.05) is 19.5 Å². The fourth-order valence-corrected chi connectivity index (χ4v) is 1.77. The molecule has 1 rings (SSSR count). The van der Waals surface area contributed by atoms with Crippen LogP contribution in [0.25, 0.3) is 0 Å². The minimum absolute atomic E-state index is 0.0535. The molecule has 1 aromatic carbocycles. The lowest BCUT2D eigenvalue weighted by Crippen LogP contribution is -2.38. The van der Waals surface area contributed by atoms with Gasteiger partial charge in [-0.15, -0.1) is 11.6 Å². The van der Waals surface area contributed by atoms with Gasteiger partial charge in [0.1, 0.15) is 12.4 Å². The maximum absolute atomic E-state index is 13.3. The van der Waals surface area contributed by atoms with Crippen LogP contribution < -0.4 is 15.2 Å². The molecule has 1 aromatic rings. The third-order valence-corrected chi connectivity index (χ3v) is 3.47. The van der Waals surface area contributed by atoms with Gasteiger partial charge < -0.3 is 10.5 Å². The van der Waals surface area contributed by atoms with Gasteiger partial charge in [-0.1, -0.05) is 0 Å². The Kier molecular flexibility index (Phi) is 8.74. The minimum Gasteiger partial charge on any atom is -0.489 e. The van der Waals surface area contributed by atoms with E-state index in [1.807, 2.05) is 0 Å². The number of hydrogen-bond acceptors (Lipinski definition) is 4. The first-order valence-corrected chi connectivity index (χ1v) is 8.07. The Balaban J connectivity index is 0.00000232. The molecule has 0 amide bonds. The molecule has 0 heterocycles. The highest BCUT2D eigenvalue weighted by molar-refractivity contribution is 7.90. The molecule has 0 atom stereocenters. The summed E-state index contributed by atoms with van der Waals surface area (Å²) in [5.41, 5.74) is -0.302. The van der Waals surface area contributed by atoms with Crippen LogP contribution in [0.1, 0.15) is 5.56 Å². The largest absolute Gasteiger partial charge is 0.511 e. The van der Waals surface area contributed by atoms with Gasteiger partial charge in [-0.25, -0.2) is 21.9 Å². The third kappa shape index (κ3) is 6.45. The minimum atomic E-state index is -5.49. The molecular formula is C11H14ClF5N2O3S. The van der Waals surface area contributed by atoms with E-state index in [1.165, 1.54) is 11.1 Å². The third-order valence-electron chi connectivity index (χ3n) is 2.28. The summed E-state index contributed by atoms with van der Waals surface area (Å²) in [4.78, 5) is 0. The molecule has 3 N–H and O–H groups in total. The summed E-state index contributed by atoms with van der Waals surface area (Å²) < 4.78 is 89.6. The van der Waals surface area contributed by atoms with Gasteiger partial charge in [-0.2, -0.15) is 13.2 Å². The maximum atomic E-state index is 13.3. The molecule has 0 aliphatic rings. The predicted octanol–water partition coefficient (Wildman–Crippen LogP) is 2.10. The second kappa shape index (κ2) is 9.21. The molecule has 0 radical (unpaired) electrons. The van der Waals surface area contributed by atoms with Gasteiger partial charge in [0.15, 0.2) is 11.6 Å². The number of nitrogens with two attached hydrogens (primary N) is 1. The molecule has 0 unspecified atom stereocenters. The summed E-state index contributed by atoms with van der Waals surface area (Å²) in [7, 11) is -5.49. The highest BCUT2D eigenvalue weighted by Gasteiger charge is 2.45. The fourth-order valence-electron chi connectivity index (χ4n) is 1.26. The lowest BCUT2D eigenvalue weighted by atomic mass is 10.2. The normalized spacial score (nSPS) is 11.7. The first-order valence-electron chi connectivity index (χ1n) is 5.83. The molecule has 0 saturated carbocycles. The monoisotopic (exact) mass is 384 g/mol. The Morgan fingerprint density at radius 3 is 2.26 bits per heavy atom. The van der Waals surface area contributed by atoms with Crippen molar-refractivity contribution in [2.24, 2.45) is 5.73 Å². The highest BCUT2D eigenvalue weighted by Crippen LogP contribution is 2.22. The van der Waals surface area contributed by atoms with Crippen molar-refractivity contribution in [3.8, 4) is 5.75 Å². The van der Waals surface area contributed by atoms with Gasteiger partial charge in [0.05, 0.1) is 0 Å². The van der Waals surface area contributed by atoms with Gasteiger partial charge >= 0.3 is 15.5 Å². The molecular weight excluding hydrogens is 371 g/mol. The van der Waals surface area contributed by atoms with E-state index in [2.05, 4.69) is 11.6 Å². The summed E-state index contributed by atoms with van der Waals surface area (Å²) in [5.74, 6) is -2.41. The SMILES string of the molecule is CCl.NCc1cc(OCCNS(=O)(=O)C(F)(F)F)c(F)cc1F. The topological polar surface area (TPSA) is 81.4 Å². The van der Waals surface area contributed by atoms with Gasteiger partial charge in [-0.05, 0) is 6.07 Å². The zero-order valence-corrected chi connectivity index (χ0v) is 13.3. The second-order valence-electron chi connectivity index (χ2n) is 3.77. The quantitative estimate of drug-likeness (QED) is 0.447. The van der Waals surface area contributed by atoms with Crippen molar-refractivity contribution in [2.45, 2.75) is 12.1 Å². The zero-order chi connectivity index (χ0) is 18.3. The van der Waals surface area contributed by atoms with Crippen LogP contribution in [0.5, 0.6) is 5.75 Å². The number of hydrogen-bond donors (Lipinski definition) is 2. The van der Waals surface area contributed by atoms with Gasteiger partial charge in [-0.3, -0.25) is 0 Å².